The molecule has 3 aromatic rings. The number of H-pyrrole nitrogens is 1. The summed E-state index contributed by atoms with van der Waals surface area (Å²) < 4.78 is 26.2. The highest BCUT2D eigenvalue weighted by Crippen LogP contribution is 2.14. The number of aromatic nitrogens is 2. The number of carbonyl (C=O) groups excluding carboxylic acids is 1. The number of para-hydroxylation sites is 2. The van der Waals surface area contributed by atoms with E-state index in [2.05, 4.69) is 20.6 Å². The lowest BCUT2D eigenvalue weighted by molar-refractivity contribution is 0.251. The average Bonchev–Trinajstić information content (AvgIpc) is 2.91. The lowest BCUT2D eigenvalue weighted by Gasteiger charge is -2.07. The highest BCUT2D eigenvalue weighted by atomic mass is 19.1. The van der Waals surface area contributed by atoms with Crippen molar-refractivity contribution in [3.63, 3.8) is 0 Å². The highest BCUT2D eigenvalue weighted by Gasteiger charge is 2.08. The topological polar surface area (TPSA) is 69.8 Å². The van der Waals surface area contributed by atoms with Gasteiger partial charge in [0.25, 0.3) is 0 Å². The van der Waals surface area contributed by atoms with Crippen LogP contribution < -0.4 is 10.6 Å². The number of halogens is 2. The Morgan fingerprint density at radius 2 is 2.00 bits per heavy atom. The van der Waals surface area contributed by atoms with Crippen molar-refractivity contribution in [1.82, 2.24) is 15.3 Å². The van der Waals surface area contributed by atoms with Gasteiger partial charge in [0.05, 0.1) is 23.3 Å². The Balaban J connectivity index is 1.62. The van der Waals surface area contributed by atoms with Crippen molar-refractivity contribution in [3.8, 4) is 0 Å². The number of carbonyl (C=O) groups is 1. The number of benzene rings is 2. The summed E-state index contributed by atoms with van der Waals surface area (Å²) >= 11 is 0. The smallest absolute Gasteiger partial charge is 0.319 e. The van der Waals surface area contributed by atoms with Gasteiger partial charge in [0, 0.05) is 6.07 Å². The summed E-state index contributed by atoms with van der Waals surface area (Å²) in [5, 5.41) is 4.85. The molecule has 0 saturated carbocycles. The molecule has 1 aromatic heterocycles. The number of rotatable bonds is 3. The molecule has 0 bridgehead atoms. The molecule has 2 amide bonds. The minimum Gasteiger partial charge on any atom is -0.340 e. The van der Waals surface area contributed by atoms with E-state index in [0.717, 1.165) is 23.2 Å². The Bertz CT molecular complexity index is 798. The van der Waals surface area contributed by atoms with E-state index in [-0.39, 0.29) is 12.2 Å². The van der Waals surface area contributed by atoms with E-state index in [0.29, 0.717) is 11.9 Å². The van der Waals surface area contributed by atoms with Crippen LogP contribution in [0.15, 0.2) is 42.5 Å². The molecule has 0 aliphatic rings. The molecular formula is C15H12F2N4O. The molecule has 0 saturated heterocycles. The minimum absolute atomic E-state index is 0.0940. The van der Waals surface area contributed by atoms with Crippen molar-refractivity contribution in [2.45, 2.75) is 6.54 Å². The SMILES string of the molecule is O=C(NCc1nc2ccccc2[nH]1)Nc1ccc(F)cc1F. The third-order valence-corrected chi connectivity index (χ3v) is 3.03. The van der Waals surface area contributed by atoms with Gasteiger partial charge in [-0.05, 0) is 24.3 Å². The van der Waals surface area contributed by atoms with Gasteiger partial charge in [-0.2, -0.15) is 0 Å². The van der Waals surface area contributed by atoms with Crippen LogP contribution in [0, 0.1) is 11.6 Å². The number of fused-ring (bicyclic) bond motifs is 1. The van der Waals surface area contributed by atoms with E-state index >= 15 is 0 Å². The molecule has 1 heterocycles. The van der Waals surface area contributed by atoms with Gasteiger partial charge in [0.2, 0.25) is 0 Å². The predicted molar refractivity (Wildman–Crippen MR) is 78.3 cm³/mol. The third-order valence-electron chi connectivity index (χ3n) is 3.03. The van der Waals surface area contributed by atoms with Crippen molar-refractivity contribution >= 4 is 22.8 Å². The van der Waals surface area contributed by atoms with E-state index in [1.807, 2.05) is 24.3 Å². The average molecular weight is 302 g/mol. The summed E-state index contributed by atoms with van der Waals surface area (Å²) in [6.45, 7) is 0.156. The van der Waals surface area contributed by atoms with E-state index in [4.69, 9.17) is 0 Å². The fourth-order valence-corrected chi connectivity index (χ4v) is 2.01. The fourth-order valence-electron chi connectivity index (χ4n) is 2.01. The van der Waals surface area contributed by atoms with Gasteiger partial charge in [0.1, 0.15) is 17.5 Å². The van der Waals surface area contributed by atoms with E-state index in [1.165, 1.54) is 0 Å². The highest BCUT2D eigenvalue weighted by molar-refractivity contribution is 5.89. The first-order chi connectivity index (χ1) is 10.6. The molecule has 7 heteroatoms. The zero-order valence-corrected chi connectivity index (χ0v) is 11.4. The molecule has 22 heavy (non-hydrogen) atoms. The summed E-state index contributed by atoms with van der Waals surface area (Å²) in [5.74, 6) is -0.958. The maximum absolute atomic E-state index is 13.4. The number of anilines is 1. The molecule has 3 N–H and O–H groups in total. The molecule has 0 aliphatic carbocycles. The Labute approximate surface area is 124 Å². The number of hydrogen-bond donors (Lipinski definition) is 3. The van der Waals surface area contributed by atoms with Crippen LogP contribution in [0.3, 0.4) is 0 Å². The van der Waals surface area contributed by atoms with Gasteiger partial charge in [-0.25, -0.2) is 18.6 Å². The third kappa shape index (κ3) is 3.03. The molecular weight excluding hydrogens is 290 g/mol. The number of aromatic amines is 1. The minimum atomic E-state index is -0.834. The zero-order valence-electron chi connectivity index (χ0n) is 11.4. The fraction of sp³-hybridized carbons (Fsp3) is 0.0667. The van der Waals surface area contributed by atoms with Crippen LogP contribution in [0.1, 0.15) is 5.82 Å². The monoisotopic (exact) mass is 302 g/mol. The van der Waals surface area contributed by atoms with Gasteiger partial charge >= 0.3 is 6.03 Å². The number of nitrogens with one attached hydrogen (secondary N) is 3. The van der Waals surface area contributed by atoms with Crippen LogP contribution in [-0.4, -0.2) is 16.0 Å². The van der Waals surface area contributed by atoms with Crippen LogP contribution in [0.25, 0.3) is 11.0 Å². The summed E-state index contributed by atoms with van der Waals surface area (Å²) in [6.07, 6.45) is 0. The molecule has 2 aromatic carbocycles. The molecule has 0 unspecified atom stereocenters. The Morgan fingerprint density at radius 1 is 1.18 bits per heavy atom. The standard InChI is InChI=1S/C15H12F2N4O/c16-9-5-6-11(10(17)7-9)21-15(22)18-8-14-19-12-3-1-2-4-13(12)20-14/h1-7H,8H2,(H,19,20)(H2,18,21,22). The van der Waals surface area contributed by atoms with Gasteiger partial charge in [0.15, 0.2) is 0 Å². The van der Waals surface area contributed by atoms with E-state index in [9.17, 15) is 13.6 Å². The van der Waals surface area contributed by atoms with Crippen LogP contribution in [0.5, 0.6) is 0 Å². The maximum Gasteiger partial charge on any atom is 0.319 e. The molecule has 0 aliphatic heterocycles. The van der Waals surface area contributed by atoms with Gasteiger partial charge < -0.3 is 15.6 Å². The normalized spacial score (nSPS) is 10.6. The predicted octanol–water partition coefficient (Wildman–Crippen LogP) is 3.16. The van der Waals surface area contributed by atoms with Crippen LogP contribution in [0.4, 0.5) is 19.3 Å². The van der Waals surface area contributed by atoms with E-state index in [1.54, 1.807) is 0 Å². The second kappa shape index (κ2) is 5.80. The van der Waals surface area contributed by atoms with Crippen LogP contribution in [-0.2, 0) is 6.54 Å². The summed E-state index contributed by atoms with van der Waals surface area (Å²) in [4.78, 5) is 19.1. The van der Waals surface area contributed by atoms with Gasteiger partial charge in [-0.15, -0.1) is 0 Å². The first-order valence-electron chi connectivity index (χ1n) is 6.55. The number of urea groups is 1. The molecule has 3 rings (SSSR count). The van der Waals surface area contributed by atoms with Crippen molar-refractivity contribution in [2.24, 2.45) is 0 Å². The number of amides is 2. The molecule has 0 atom stereocenters. The lowest BCUT2D eigenvalue weighted by atomic mass is 10.3. The quantitative estimate of drug-likeness (QED) is 0.695. The molecule has 0 radical (unpaired) electrons. The van der Waals surface area contributed by atoms with Gasteiger partial charge in [-0.1, -0.05) is 12.1 Å². The number of imidazole rings is 1. The molecule has 0 spiro atoms. The maximum atomic E-state index is 13.4. The number of nitrogens with zero attached hydrogens (tertiary/aromatic N) is 1. The van der Waals surface area contributed by atoms with Crippen molar-refractivity contribution in [2.75, 3.05) is 5.32 Å². The molecule has 112 valence electrons. The zero-order chi connectivity index (χ0) is 15.5. The first kappa shape index (κ1) is 14.0. The van der Waals surface area contributed by atoms with Crippen molar-refractivity contribution < 1.29 is 13.6 Å². The lowest BCUT2D eigenvalue weighted by Crippen LogP contribution is -2.29. The first-order valence-corrected chi connectivity index (χ1v) is 6.55. The van der Waals surface area contributed by atoms with Crippen molar-refractivity contribution in [1.29, 1.82) is 0 Å². The second-order valence-electron chi connectivity index (χ2n) is 4.63. The molecule has 0 fully saturated rings. The van der Waals surface area contributed by atoms with Crippen molar-refractivity contribution in [3.05, 3.63) is 59.9 Å². The number of hydrogen-bond acceptors (Lipinski definition) is 2. The Morgan fingerprint density at radius 3 is 2.77 bits per heavy atom. The summed E-state index contributed by atoms with van der Waals surface area (Å²) in [7, 11) is 0. The summed E-state index contributed by atoms with van der Waals surface area (Å²) in [5.41, 5.74) is 1.57. The Kier molecular flexibility index (Phi) is 3.69. The summed E-state index contributed by atoms with van der Waals surface area (Å²) in [6, 6.07) is 9.79. The van der Waals surface area contributed by atoms with E-state index < -0.39 is 17.7 Å². The molecule has 5 nitrogen and oxygen atoms in total. The van der Waals surface area contributed by atoms with Gasteiger partial charge in [-0.3, -0.25) is 0 Å². The largest absolute Gasteiger partial charge is 0.340 e. The van der Waals surface area contributed by atoms with Crippen LogP contribution in [0.2, 0.25) is 0 Å². The second-order valence-corrected chi connectivity index (χ2v) is 4.63. The Hall–Kier alpha value is -2.96. The van der Waals surface area contributed by atoms with Crippen LogP contribution >= 0.6 is 0 Å².